The van der Waals surface area contributed by atoms with E-state index in [4.69, 9.17) is 4.74 Å². The van der Waals surface area contributed by atoms with E-state index in [1.165, 1.54) is 5.56 Å². The van der Waals surface area contributed by atoms with E-state index in [9.17, 15) is 0 Å². The van der Waals surface area contributed by atoms with Crippen molar-refractivity contribution >= 4 is 5.82 Å². The predicted molar refractivity (Wildman–Crippen MR) is 78.6 cm³/mol. The van der Waals surface area contributed by atoms with Crippen LogP contribution < -0.4 is 10.1 Å². The molecule has 0 fully saturated rings. The standard InChI is InChI=1S/C16H20N2O/c1-13(18-16-5-3-4-12-17-16)6-7-14-8-10-15(19-2)11-9-14/h3-5,8-13H,6-7H2,1-2H3,(H,17,18)/t13-/m0/s1. The Morgan fingerprint density at radius 3 is 2.58 bits per heavy atom. The first-order valence-corrected chi connectivity index (χ1v) is 6.58. The molecule has 0 radical (unpaired) electrons. The zero-order chi connectivity index (χ0) is 13.5. The van der Waals surface area contributed by atoms with E-state index in [2.05, 4.69) is 29.4 Å². The number of hydrogen-bond donors (Lipinski definition) is 1. The summed E-state index contributed by atoms with van der Waals surface area (Å²) in [6.45, 7) is 2.18. The van der Waals surface area contributed by atoms with Gasteiger partial charge in [-0.25, -0.2) is 4.98 Å². The van der Waals surface area contributed by atoms with E-state index in [1.807, 2.05) is 30.3 Å². The highest BCUT2D eigenvalue weighted by Gasteiger charge is 2.03. The van der Waals surface area contributed by atoms with Gasteiger partial charge in [0.1, 0.15) is 11.6 Å². The fourth-order valence-electron chi connectivity index (χ4n) is 1.95. The molecular formula is C16H20N2O. The number of hydrogen-bond acceptors (Lipinski definition) is 3. The van der Waals surface area contributed by atoms with Crippen molar-refractivity contribution in [2.45, 2.75) is 25.8 Å². The second-order valence-corrected chi connectivity index (χ2v) is 4.65. The SMILES string of the molecule is COc1ccc(CC[C@H](C)Nc2ccccn2)cc1. The third kappa shape index (κ3) is 4.28. The summed E-state index contributed by atoms with van der Waals surface area (Å²) in [4.78, 5) is 4.27. The lowest BCUT2D eigenvalue weighted by molar-refractivity contribution is 0.414. The quantitative estimate of drug-likeness (QED) is 0.858. The minimum atomic E-state index is 0.400. The average molecular weight is 256 g/mol. The number of nitrogens with zero attached hydrogens (tertiary/aromatic N) is 1. The summed E-state index contributed by atoms with van der Waals surface area (Å²) in [5.41, 5.74) is 1.33. The van der Waals surface area contributed by atoms with Gasteiger partial charge in [-0.05, 0) is 49.6 Å². The molecule has 0 bridgehead atoms. The Morgan fingerprint density at radius 1 is 1.16 bits per heavy atom. The van der Waals surface area contributed by atoms with Gasteiger partial charge in [0, 0.05) is 12.2 Å². The smallest absolute Gasteiger partial charge is 0.126 e. The summed E-state index contributed by atoms with van der Waals surface area (Å²) in [7, 11) is 1.69. The minimum absolute atomic E-state index is 0.400. The molecule has 1 N–H and O–H groups in total. The fraction of sp³-hybridized carbons (Fsp3) is 0.312. The Hall–Kier alpha value is -2.03. The number of aryl methyl sites for hydroxylation is 1. The number of pyridine rings is 1. The molecule has 0 amide bonds. The molecule has 3 heteroatoms. The Bertz CT molecular complexity index is 482. The molecule has 1 aromatic carbocycles. The van der Waals surface area contributed by atoms with Crippen molar-refractivity contribution in [1.82, 2.24) is 4.98 Å². The lowest BCUT2D eigenvalue weighted by Gasteiger charge is -2.14. The largest absolute Gasteiger partial charge is 0.497 e. The van der Waals surface area contributed by atoms with Gasteiger partial charge in [0.15, 0.2) is 0 Å². The third-order valence-electron chi connectivity index (χ3n) is 3.08. The molecule has 1 heterocycles. The Balaban J connectivity index is 1.81. The molecule has 1 aromatic heterocycles. The van der Waals surface area contributed by atoms with E-state index in [1.54, 1.807) is 13.3 Å². The van der Waals surface area contributed by atoms with Gasteiger partial charge in [-0.3, -0.25) is 0 Å². The molecule has 0 saturated carbocycles. The molecule has 19 heavy (non-hydrogen) atoms. The number of anilines is 1. The van der Waals surface area contributed by atoms with Gasteiger partial charge in [0.25, 0.3) is 0 Å². The van der Waals surface area contributed by atoms with Gasteiger partial charge in [-0.15, -0.1) is 0 Å². The monoisotopic (exact) mass is 256 g/mol. The molecule has 2 aromatic rings. The van der Waals surface area contributed by atoms with Crippen molar-refractivity contribution in [3.63, 3.8) is 0 Å². The molecule has 1 atom stereocenters. The average Bonchev–Trinajstić information content (AvgIpc) is 2.47. The molecule has 2 rings (SSSR count). The lowest BCUT2D eigenvalue weighted by Crippen LogP contribution is -2.16. The summed E-state index contributed by atoms with van der Waals surface area (Å²) >= 11 is 0. The molecule has 0 aliphatic rings. The van der Waals surface area contributed by atoms with Crippen LogP contribution in [-0.2, 0) is 6.42 Å². The topological polar surface area (TPSA) is 34.1 Å². The molecule has 0 saturated heterocycles. The Labute approximate surface area is 114 Å². The Morgan fingerprint density at radius 2 is 1.95 bits per heavy atom. The highest BCUT2D eigenvalue weighted by Crippen LogP contribution is 2.14. The predicted octanol–water partition coefficient (Wildman–Crippen LogP) is 3.52. The zero-order valence-corrected chi connectivity index (χ0v) is 11.5. The van der Waals surface area contributed by atoms with E-state index >= 15 is 0 Å². The summed E-state index contributed by atoms with van der Waals surface area (Å²) in [5.74, 6) is 1.84. The maximum absolute atomic E-state index is 5.15. The van der Waals surface area contributed by atoms with Crippen molar-refractivity contribution in [2.24, 2.45) is 0 Å². The summed E-state index contributed by atoms with van der Waals surface area (Å²) in [5, 5.41) is 3.40. The van der Waals surface area contributed by atoms with E-state index in [0.717, 1.165) is 24.4 Å². The van der Waals surface area contributed by atoms with Crippen LogP contribution in [0.5, 0.6) is 5.75 Å². The van der Waals surface area contributed by atoms with Gasteiger partial charge in [0.05, 0.1) is 7.11 Å². The molecule has 0 aliphatic carbocycles. The maximum atomic E-state index is 5.15. The van der Waals surface area contributed by atoms with Gasteiger partial charge < -0.3 is 10.1 Å². The van der Waals surface area contributed by atoms with Crippen LogP contribution in [0.15, 0.2) is 48.7 Å². The highest BCUT2D eigenvalue weighted by molar-refractivity contribution is 5.34. The third-order valence-corrected chi connectivity index (χ3v) is 3.08. The lowest BCUT2D eigenvalue weighted by atomic mass is 10.1. The number of aromatic nitrogens is 1. The molecule has 0 spiro atoms. The minimum Gasteiger partial charge on any atom is -0.497 e. The van der Waals surface area contributed by atoms with E-state index in [-0.39, 0.29) is 0 Å². The first kappa shape index (κ1) is 13.4. The van der Waals surface area contributed by atoms with Crippen molar-refractivity contribution in [1.29, 1.82) is 0 Å². The van der Waals surface area contributed by atoms with E-state index in [0.29, 0.717) is 6.04 Å². The van der Waals surface area contributed by atoms with Crippen LogP contribution in [0.2, 0.25) is 0 Å². The highest BCUT2D eigenvalue weighted by atomic mass is 16.5. The van der Waals surface area contributed by atoms with Crippen LogP contribution in [0.4, 0.5) is 5.82 Å². The van der Waals surface area contributed by atoms with Crippen molar-refractivity contribution in [2.75, 3.05) is 12.4 Å². The van der Waals surface area contributed by atoms with E-state index < -0.39 is 0 Å². The van der Waals surface area contributed by atoms with Crippen LogP contribution in [-0.4, -0.2) is 18.1 Å². The summed E-state index contributed by atoms with van der Waals surface area (Å²) in [6.07, 6.45) is 3.92. The normalized spacial score (nSPS) is 11.9. The molecule has 3 nitrogen and oxygen atoms in total. The van der Waals surface area contributed by atoms with Crippen LogP contribution in [0, 0.1) is 0 Å². The van der Waals surface area contributed by atoms with Crippen LogP contribution in [0.1, 0.15) is 18.9 Å². The first-order valence-electron chi connectivity index (χ1n) is 6.58. The molecular weight excluding hydrogens is 236 g/mol. The number of ether oxygens (including phenoxy) is 1. The van der Waals surface area contributed by atoms with Crippen molar-refractivity contribution in [3.8, 4) is 5.75 Å². The second kappa shape index (κ2) is 6.78. The number of methoxy groups -OCH3 is 1. The number of benzene rings is 1. The van der Waals surface area contributed by atoms with Gasteiger partial charge >= 0.3 is 0 Å². The van der Waals surface area contributed by atoms with Crippen molar-refractivity contribution in [3.05, 3.63) is 54.2 Å². The zero-order valence-electron chi connectivity index (χ0n) is 11.5. The molecule has 100 valence electrons. The Kier molecular flexibility index (Phi) is 4.78. The van der Waals surface area contributed by atoms with Crippen LogP contribution >= 0.6 is 0 Å². The summed E-state index contributed by atoms with van der Waals surface area (Å²) < 4.78 is 5.15. The van der Waals surface area contributed by atoms with Crippen molar-refractivity contribution < 1.29 is 4.74 Å². The molecule has 0 aliphatic heterocycles. The first-order chi connectivity index (χ1) is 9.28. The van der Waals surface area contributed by atoms with Crippen LogP contribution in [0.25, 0.3) is 0 Å². The maximum Gasteiger partial charge on any atom is 0.126 e. The van der Waals surface area contributed by atoms with Gasteiger partial charge in [-0.1, -0.05) is 18.2 Å². The molecule has 0 unspecified atom stereocenters. The number of rotatable bonds is 6. The fourth-order valence-corrected chi connectivity index (χ4v) is 1.95. The van der Waals surface area contributed by atoms with Crippen LogP contribution in [0.3, 0.4) is 0 Å². The number of nitrogens with one attached hydrogen (secondary N) is 1. The van der Waals surface area contributed by atoms with Gasteiger partial charge in [-0.2, -0.15) is 0 Å². The second-order valence-electron chi connectivity index (χ2n) is 4.65. The summed E-state index contributed by atoms with van der Waals surface area (Å²) in [6, 6.07) is 14.6. The van der Waals surface area contributed by atoms with Gasteiger partial charge in [0.2, 0.25) is 0 Å².